The van der Waals surface area contributed by atoms with Crippen LogP contribution in [0, 0.1) is 6.92 Å². The standard InChI is InChI=1S/C9H14N4O2/c1-7-10-11-8(15-7)9(14)13-5-3-12(2)4-6-13/h3-6H2,1-2H3. The summed E-state index contributed by atoms with van der Waals surface area (Å²) in [5.74, 6) is 0.355. The van der Waals surface area contributed by atoms with E-state index in [0.717, 1.165) is 26.2 Å². The van der Waals surface area contributed by atoms with Gasteiger partial charge in [0.1, 0.15) is 0 Å². The maximum atomic E-state index is 11.8. The van der Waals surface area contributed by atoms with Crippen LogP contribution in [-0.2, 0) is 0 Å². The molecule has 0 bridgehead atoms. The number of carbonyl (C=O) groups excluding carboxylic acids is 1. The van der Waals surface area contributed by atoms with Gasteiger partial charge in [0.05, 0.1) is 0 Å². The Morgan fingerprint density at radius 1 is 1.27 bits per heavy atom. The van der Waals surface area contributed by atoms with E-state index in [1.807, 2.05) is 7.05 Å². The van der Waals surface area contributed by atoms with Gasteiger partial charge in [-0.05, 0) is 7.05 Å². The van der Waals surface area contributed by atoms with Gasteiger partial charge in [0.25, 0.3) is 0 Å². The predicted molar refractivity (Wildman–Crippen MR) is 52.4 cm³/mol. The number of aryl methyl sites for hydroxylation is 1. The zero-order valence-electron chi connectivity index (χ0n) is 8.93. The smallest absolute Gasteiger partial charge is 0.311 e. The van der Waals surface area contributed by atoms with Crippen molar-refractivity contribution in [2.24, 2.45) is 0 Å². The summed E-state index contributed by atoms with van der Waals surface area (Å²) in [6.45, 7) is 4.89. The molecule has 1 aromatic rings. The van der Waals surface area contributed by atoms with E-state index in [2.05, 4.69) is 15.1 Å². The van der Waals surface area contributed by atoms with Crippen molar-refractivity contribution < 1.29 is 9.21 Å². The first-order chi connectivity index (χ1) is 7.16. The summed E-state index contributed by atoms with van der Waals surface area (Å²) in [5, 5.41) is 7.36. The molecule has 0 aliphatic carbocycles. The van der Waals surface area contributed by atoms with Gasteiger partial charge in [-0.3, -0.25) is 4.79 Å². The molecule has 0 N–H and O–H groups in total. The molecular weight excluding hydrogens is 196 g/mol. The molecule has 1 aliphatic heterocycles. The first kappa shape index (κ1) is 10.1. The molecule has 0 atom stereocenters. The number of rotatable bonds is 1. The molecule has 1 aromatic heterocycles. The predicted octanol–water partition coefficient (Wildman–Crippen LogP) is -0.234. The van der Waals surface area contributed by atoms with E-state index >= 15 is 0 Å². The molecule has 15 heavy (non-hydrogen) atoms. The van der Waals surface area contributed by atoms with Crippen molar-refractivity contribution >= 4 is 5.91 Å². The molecule has 1 aliphatic rings. The molecular formula is C9H14N4O2. The maximum Gasteiger partial charge on any atom is 0.311 e. The summed E-state index contributed by atoms with van der Waals surface area (Å²) in [6, 6.07) is 0. The molecule has 0 spiro atoms. The molecule has 0 radical (unpaired) electrons. The van der Waals surface area contributed by atoms with Crippen molar-refractivity contribution in [3.63, 3.8) is 0 Å². The van der Waals surface area contributed by atoms with Crippen LogP contribution in [0.1, 0.15) is 16.6 Å². The molecule has 6 nitrogen and oxygen atoms in total. The van der Waals surface area contributed by atoms with E-state index in [0.29, 0.717) is 5.89 Å². The average molecular weight is 210 g/mol. The Morgan fingerprint density at radius 2 is 1.93 bits per heavy atom. The molecule has 0 unspecified atom stereocenters. The second-order valence-electron chi connectivity index (χ2n) is 3.72. The van der Waals surface area contributed by atoms with Crippen LogP contribution in [0.15, 0.2) is 4.42 Å². The number of hydrogen-bond donors (Lipinski definition) is 0. The van der Waals surface area contributed by atoms with Gasteiger partial charge < -0.3 is 14.2 Å². The van der Waals surface area contributed by atoms with Crippen LogP contribution in [0.5, 0.6) is 0 Å². The van der Waals surface area contributed by atoms with Crippen molar-refractivity contribution in [2.45, 2.75) is 6.92 Å². The Bertz CT molecular complexity index is 355. The largest absolute Gasteiger partial charge is 0.417 e. The van der Waals surface area contributed by atoms with Crippen molar-refractivity contribution in [1.29, 1.82) is 0 Å². The summed E-state index contributed by atoms with van der Waals surface area (Å²) < 4.78 is 5.10. The molecule has 1 amide bonds. The van der Waals surface area contributed by atoms with Crippen LogP contribution in [0.25, 0.3) is 0 Å². The molecule has 6 heteroatoms. The fourth-order valence-corrected chi connectivity index (χ4v) is 1.53. The van der Waals surface area contributed by atoms with Crippen LogP contribution < -0.4 is 0 Å². The highest BCUT2D eigenvalue weighted by Crippen LogP contribution is 2.06. The number of nitrogens with zero attached hydrogens (tertiary/aromatic N) is 4. The highest BCUT2D eigenvalue weighted by molar-refractivity contribution is 5.89. The molecule has 2 rings (SSSR count). The van der Waals surface area contributed by atoms with Gasteiger partial charge >= 0.3 is 11.8 Å². The number of aromatic nitrogens is 2. The third kappa shape index (κ3) is 2.15. The quantitative estimate of drug-likeness (QED) is 0.640. The van der Waals surface area contributed by atoms with Crippen molar-refractivity contribution in [1.82, 2.24) is 20.0 Å². The number of piperazine rings is 1. The summed E-state index contributed by atoms with van der Waals surface area (Å²) in [4.78, 5) is 15.8. The van der Waals surface area contributed by atoms with Crippen molar-refractivity contribution in [3.05, 3.63) is 11.8 Å². The monoisotopic (exact) mass is 210 g/mol. The Hall–Kier alpha value is -1.43. The fraction of sp³-hybridized carbons (Fsp3) is 0.667. The molecule has 1 fully saturated rings. The van der Waals surface area contributed by atoms with E-state index < -0.39 is 0 Å². The van der Waals surface area contributed by atoms with Crippen molar-refractivity contribution in [3.8, 4) is 0 Å². The number of amides is 1. The van der Waals surface area contributed by atoms with Gasteiger partial charge in [0.15, 0.2) is 0 Å². The summed E-state index contributed by atoms with van der Waals surface area (Å²) in [5.41, 5.74) is 0. The third-order valence-corrected chi connectivity index (χ3v) is 2.50. The van der Waals surface area contributed by atoms with Crippen LogP contribution >= 0.6 is 0 Å². The lowest BCUT2D eigenvalue weighted by atomic mass is 10.3. The lowest BCUT2D eigenvalue weighted by Crippen LogP contribution is -2.47. The highest BCUT2D eigenvalue weighted by Gasteiger charge is 2.24. The van der Waals surface area contributed by atoms with Crippen LogP contribution in [0.2, 0.25) is 0 Å². The van der Waals surface area contributed by atoms with Crippen LogP contribution in [0.3, 0.4) is 0 Å². The first-order valence-electron chi connectivity index (χ1n) is 4.95. The van der Waals surface area contributed by atoms with E-state index in [1.165, 1.54) is 0 Å². The minimum absolute atomic E-state index is 0.0945. The van der Waals surface area contributed by atoms with Gasteiger partial charge in [-0.2, -0.15) is 0 Å². The third-order valence-electron chi connectivity index (χ3n) is 2.50. The Kier molecular flexibility index (Phi) is 2.68. The summed E-state index contributed by atoms with van der Waals surface area (Å²) >= 11 is 0. The normalized spacial score (nSPS) is 18.1. The minimum Gasteiger partial charge on any atom is -0.417 e. The number of carbonyl (C=O) groups is 1. The van der Waals surface area contributed by atoms with Crippen molar-refractivity contribution in [2.75, 3.05) is 33.2 Å². The average Bonchev–Trinajstić information content (AvgIpc) is 2.65. The Labute approximate surface area is 87.9 Å². The van der Waals surface area contributed by atoms with E-state index in [-0.39, 0.29) is 11.8 Å². The minimum atomic E-state index is -0.163. The first-order valence-corrected chi connectivity index (χ1v) is 4.95. The van der Waals surface area contributed by atoms with Crippen LogP contribution in [0.4, 0.5) is 0 Å². The van der Waals surface area contributed by atoms with E-state index in [4.69, 9.17) is 4.42 Å². The maximum absolute atomic E-state index is 11.8. The molecule has 82 valence electrons. The van der Waals surface area contributed by atoms with Crippen LogP contribution in [-0.4, -0.2) is 59.1 Å². The highest BCUT2D eigenvalue weighted by atomic mass is 16.4. The Balaban J connectivity index is 2.02. The van der Waals surface area contributed by atoms with Gasteiger partial charge in [0, 0.05) is 33.1 Å². The van der Waals surface area contributed by atoms with E-state index in [9.17, 15) is 4.79 Å². The molecule has 2 heterocycles. The summed E-state index contributed by atoms with van der Waals surface area (Å²) in [6.07, 6.45) is 0. The fourth-order valence-electron chi connectivity index (χ4n) is 1.53. The second-order valence-corrected chi connectivity index (χ2v) is 3.72. The Morgan fingerprint density at radius 3 is 2.47 bits per heavy atom. The lowest BCUT2D eigenvalue weighted by molar-refractivity contribution is 0.0623. The van der Waals surface area contributed by atoms with Gasteiger partial charge in [-0.25, -0.2) is 0 Å². The summed E-state index contributed by atoms with van der Waals surface area (Å²) in [7, 11) is 2.04. The van der Waals surface area contributed by atoms with E-state index in [1.54, 1.807) is 11.8 Å². The SMILES string of the molecule is Cc1nnc(C(=O)N2CCN(C)CC2)o1. The second kappa shape index (κ2) is 3.98. The zero-order chi connectivity index (χ0) is 10.8. The molecule has 1 saturated heterocycles. The molecule has 0 aromatic carbocycles. The van der Waals surface area contributed by atoms with Gasteiger partial charge in [-0.1, -0.05) is 0 Å². The van der Waals surface area contributed by atoms with Gasteiger partial charge in [-0.15, -0.1) is 10.2 Å². The van der Waals surface area contributed by atoms with Gasteiger partial charge in [0.2, 0.25) is 5.89 Å². The topological polar surface area (TPSA) is 62.5 Å². The molecule has 0 saturated carbocycles. The number of likely N-dealkylation sites (N-methyl/N-ethyl adjacent to an activating group) is 1. The lowest BCUT2D eigenvalue weighted by Gasteiger charge is -2.31. The zero-order valence-corrected chi connectivity index (χ0v) is 8.93. The number of hydrogen-bond acceptors (Lipinski definition) is 5.